The van der Waals surface area contributed by atoms with Crippen molar-refractivity contribution in [2.45, 2.75) is 13.3 Å². The van der Waals surface area contributed by atoms with Crippen LogP contribution in [0.2, 0.25) is 0 Å². The summed E-state index contributed by atoms with van der Waals surface area (Å²) >= 11 is 0. The van der Waals surface area contributed by atoms with Crippen LogP contribution in [0.4, 0.5) is 17.5 Å². The Kier molecular flexibility index (Phi) is 5.46. The van der Waals surface area contributed by atoms with Gasteiger partial charge in [-0.1, -0.05) is 30.3 Å². The molecule has 25 heavy (non-hydrogen) atoms. The van der Waals surface area contributed by atoms with Gasteiger partial charge in [-0.05, 0) is 48.7 Å². The minimum Gasteiger partial charge on any atom is -0.497 e. The van der Waals surface area contributed by atoms with Crippen LogP contribution in [0.1, 0.15) is 11.1 Å². The molecule has 0 radical (unpaired) electrons. The maximum atomic E-state index is 5.17. The Morgan fingerprint density at radius 3 is 2.56 bits per heavy atom. The Morgan fingerprint density at radius 1 is 1.00 bits per heavy atom. The zero-order chi connectivity index (χ0) is 17.5. The van der Waals surface area contributed by atoms with Crippen molar-refractivity contribution in [2.24, 2.45) is 0 Å². The number of anilines is 3. The minimum atomic E-state index is 0.587. The van der Waals surface area contributed by atoms with E-state index in [1.165, 1.54) is 5.56 Å². The van der Waals surface area contributed by atoms with Gasteiger partial charge in [-0.15, -0.1) is 0 Å². The van der Waals surface area contributed by atoms with Gasteiger partial charge in [0.25, 0.3) is 0 Å². The van der Waals surface area contributed by atoms with Gasteiger partial charge in [0.1, 0.15) is 11.6 Å². The summed E-state index contributed by atoms with van der Waals surface area (Å²) in [6.45, 7) is 2.85. The van der Waals surface area contributed by atoms with E-state index in [0.29, 0.717) is 5.95 Å². The summed E-state index contributed by atoms with van der Waals surface area (Å²) in [5.41, 5.74) is 3.42. The van der Waals surface area contributed by atoms with Crippen LogP contribution >= 0.6 is 0 Å². The van der Waals surface area contributed by atoms with Crippen molar-refractivity contribution < 1.29 is 4.74 Å². The number of nitrogens with one attached hydrogen (secondary N) is 2. The number of aromatic nitrogens is 2. The van der Waals surface area contributed by atoms with Crippen LogP contribution < -0.4 is 15.4 Å². The van der Waals surface area contributed by atoms with Crippen LogP contribution in [-0.4, -0.2) is 23.6 Å². The van der Waals surface area contributed by atoms with Crippen LogP contribution in [0, 0.1) is 6.92 Å². The monoisotopic (exact) mass is 334 g/mol. The highest BCUT2D eigenvalue weighted by atomic mass is 16.5. The fourth-order valence-corrected chi connectivity index (χ4v) is 2.48. The van der Waals surface area contributed by atoms with Crippen LogP contribution in [0.3, 0.4) is 0 Å². The third kappa shape index (κ3) is 4.70. The van der Waals surface area contributed by atoms with Gasteiger partial charge in [-0.25, -0.2) is 4.98 Å². The van der Waals surface area contributed by atoms with Gasteiger partial charge in [-0.3, -0.25) is 0 Å². The van der Waals surface area contributed by atoms with Crippen LogP contribution in [0.15, 0.2) is 60.8 Å². The van der Waals surface area contributed by atoms with E-state index in [2.05, 4.69) is 45.7 Å². The first-order chi connectivity index (χ1) is 12.2. The largest absolute Gasteiger partial charge is 0.497 e. The molecule has 0 saturated carbocycles. The fourth-order valence-electron chi connectivity index (χ4n) is 2.48. The molecule has 1 heterocycles. The van der Waals surface area contributed by atoms with Gasteiger partial charge in [0.2, 0.25) is 5.95 Å². The summed E-state index contributed by atoms with van der Waals surface area (Å²) in [6, 6.07) is 18.1. The summed E-state index contributed by atoms with van der Waals surface area (Å²) < 4.78 is 5.17. The standard InChI is InChI=1S/C20H22N4O/c1-15-5-3-4-6-18(15)23-20-22-14-12-19(24-20)21-13-11-16-7-9-17(25-2)10-8-16/h3-10,12,14H,11,13H2,1-2H3,(H2,21,22,23,24). The second kappa shape index (κ2) is 8.15. The third-order valence-electron chi connectivity index (χ3n) is 3.93. The van der Waals surface area contributed by atoms with Crippen molar-refractivity contribution in [3.63, 3.8) is 0 Å². The Balaban J connectivity index is 1.57. The fraction of sp³-hybridized carbons (Fsp3) is 0.200. The van der Waals surface area contributed by atoms with Crippen molar-refractivity contribution in [1.29, 1.82) is 0 Å². The SMILES string of the molecule is COc1ccc(CCNc2ccnc(Nc3ccccc3C)n2)cc1. The van der Waals surface area contributed by atoms with E-state index < -0.39 is 0 Å². The molecule has 0 saturated heterocycles. The summed E-state index contributed by atoms with van der Waals surface area (Å²) in [6.07, 6.45) is 2.66. The first-order valence-electron chi connectivity index (χ1n) is 8.27. The topological polar surface area (TPSA) is 59.1 Å². The molecule has 1 aromatic heterocycles. The normalized spacial score (nSPS) is 10.3. The molecule has 128 valence electrons. The lowest BCUT2D eigenvalue weighted by Crippen LogP contribution is -2.08. The van der Waals surface area contributed by atoms with Crippen molar-refractivity contribution >= 4 is 17.5 Å². The maximum absolute atomic E-state index is 5.17. The zero-order valence-corrected chi connectivity index (χ0v) is 14.5. The Labute approximate surface area is 148 Å². The minimum absolute atomic E-state index is 0.587. The summed E-state index contributed by atoms with van der Waals surface area (Å²) in [5.74, 6) is 2.27. The van der Waals surface area contributed by atoms with Crippen LogP contribution in [0.5, 0.6) is 5.75 Å². The predicted molar refractivity (Wildman–Crippen MR) is 102 cm³/mol. The van der Waals surface area contributed by atoms with E-state index in [1.54, 1.807) is 13.3 Å². The summed E-state index contributed by atoms with van der Waals surface area (Å²) in [7, 11) is 1.67. The molecule has 0 unspecified atom stereocenters. The van der Waals surface area contributed by atoms with Crippen LogP contribution in [-0.2, 0) is 6.42 Å². The lowest BCUT2D eigenvalue weighted by Gasteiger charge is -2.10. The van der Waals surface area contributed by atoms with E-state index >= 15 is 0 Å². The number of methoxy groups -OCH3 is 1. The highest BCUT2D eigenvalue weighted by Crippen LogP contribution is 2.18. The average Bonchev–Trinajstić information content (AvgIpc) is 2.65. The van der Waals surface area contributed by atoms with Crippen molar-refractivity contribution in [1.82, 2.24) is 9.97 Å². The molecule has 2 N–H and O–H groups in total. The second-order valence-electron chi connectivity index (χ2n) is 5.73. The van der Waals surface area contributed by atoms with Gasteiger partial charge in [0.05, 0.1) is 7.11 Å². The molecular formula is C20H22N4O. The van der Waals surface area contributed by atoms with E-state index in [0.717, 1.165) is 35.8 Å². The first-order valence-corrected chi connectivity index (χ1v) is 8.27. The molecule has 0 aliphatic carbocycles. The predicted octanol–water partition coefficient (Wildman–Crippen LogP) is 4.19. The van der Waals surface area contributed by atoms with Crippen LogP contribution in [0.25, 0.3) is 0 Å². The molecule has 0 aliphatic rings. The number of hydrogen-bond donors (Lipinski definition) is 2. The number of benzene rings is 2. The molecule has 0 atom stereocenters. The Bertz CT molecular complexity index is 818. The highest BCUT2D eigenvalue weighted by Gasteiger charge is 2.02. The quantitative estimate of drug-likeness (QED) is 0.678. The maximum Gasteiger partial charge on any atom is 0.229 e. The number of hydrogen-bond acceptors (Lipinski definition) is 5. The van der Waals surface area contributed by atoms with Crippen molar-refractivity contribution in [3.05, 3.63) is 71.9 Å². The van der Waals surface area contributed by atoms with Gasteiger partial charge in [0, 0.05) is 18.4 Å². The molecular weight excluding hydrogens is 312 g/mol. The first kappa shape index (κ1) is 16.8. The molecule has 0 spiro atoms. The number of para-hydroxylation sites is 1. The van der Waals surface area contributed by atoms with Gasteiger partial charge < -0.3 is 15.4 Å². The molecule has 3 rings (SSSR count). The van der Waals surface area contributed by atoms with E-state index in [-0.39, 0.29) is 0 Å². The molecule has 3 aromatic rings. The average molecular weight is 334 g/mol. The second-order valence-corrected chi connectivity index (χ2v) is 5.73. The molecule has 0 amide bonds. The van der Waals surface area contributed by atoms with Gasteiger partial charge in [-0.2, -0.15) is 4.98 Å². The lowest BCUT2D eigenvalue weighted by atomic mass is 10.1. The smallest absolute Gasteiger partial charge is 0.229 e. The number of rotatable bonds is 7. The highest BCUT2D eigenvalue weighted by molar-refractivity contribution is 5.58. The zero-order valence-electron chi connectivity index (χ0n) is 14.5. The lowest BCUT2D eigenvalue weighted by molar-refractivity contribution is 0.414. The molecule has 0 bridgehead atoms. The van der Waals surface area contributed by atoms with E-state index in [9.17, 15) is 0 Å². The van der Waals surface area contributed by atoms with E-state index in [1.807, 2.05) is 36.4 Å². The third-order valence-corrected chi connectivity index (χ3v) is 3.93. The summed E-state index contributed by atoms with van der Waals surface area (Å²) in [4.78, 5) is 8.80. The van der Waals surface area contributed by atoms with Gasteiger partial charge in [0.15, 0.2) is 0 Å². The number of nitrogens with zero attached hydrogens (tertiary/aromatic N) is 2. The number of ether oxygens (including phenoxy) is 1. The number of aryl methyl sites for hydroxylation is 1. The Hall–Kier alpha value is -3.08. The molecule has 5 heteroatoms. The Morgan fingerprint density at radius 2 is 1.80 bits per heavy atom. The molecule has 0 aliphatic heterocycles. The molecule has 5 nitrogen and oxygen atoms in total. The van der Waals surface area contributed by atoms with Crippen molar-refractivity contribution in [3.8, 4) is 5.75 Å². The van der Waals surface area contributed by atoms with Crippen molar-refractivity contribution in [2.75, 3.05) is 24.3 Å². The van der Waals surface area contributed by atoms with Gasteiger partial charge >= 0.3 is 0 Å². The molecule has 0 fully saturated rings. The molecule has 2 aromatic carbocycles. The summed E-state index contributed by atoms with van der Waals surface area (Å²) in [5, 5.41) is 6.60. The van der Waals surface area contributed by atoms with E-state index in [4.69, 9.17) is 4.74 Å².